The number of fused-ring (bicyclic) bond motifs is 1. The number of rotatable bonds is 4. The van der Waals surface area contributed by atoms with Crippen LogP contribution in [0, 0.1) is 11.8 Å². The van der Waals surface area contributed by atoms with E-state index in [0.717, 1.165) is 33.0 Å². The lowest BCUT2D eigenvalue weighted by Crippen LogP contribution is -2.11. The summed E-state index contributed by atoms with van der Waals surface area (Å²) < 4.78 is 22.8. The fourth-order valence-electron chi connectivity index (χ4n) is 3.43. The molecule has 154 valence electrons. The highest BCUT2D eigenvalue weighted by atomic mass is 32.2. The summed E-state index contributed by atoms with van der Waals surface area (Å²) in [5.41, 5.74) is 3.63. The van der Waals surface area contributed by atoms with E-state index in [4.69, 9.17) is 5.14 Å². The van der Waals surface area contributed by atoms with Gasteiger partial charge in [0.15, 0.2) is 0 Å². The van der Waals surface area contributed by atoms with E-state index in [1.807, 2.05) is 60.7 Å². The third kappa shape index (κ3) is 4.95. The van der Waals surface area contributed by atoms with Crippen molar-refractivity contribution in [2.45, 2.75) is 17.7 Å². The van der Waals surface area contributed by atoms with Crippen molar-refractivity contribution in [3.8, 4) is 17.6 Å². The van der Waals surface area contributed by atoms with Crippen LogP contribution in [-0.2, 0) is 22.9 Å². The Balaban J connectivity index is 1.59. The predicted octanol–water partition coefficient (Wildman–Crippen LogP) is 4.38. The molecule has 0 atom stereocenters. The topological polar surface area (TPSA) is 80.4 Å². The van der Waals surface area contributed by atoms with Crippen molar-refractivity contribution in [2.75, 3.05) is 0 Å². The van der Waals surface area contributed by atoms with Gasteiger partial charge in [0.05, 0.1) is 4.90 Å². The first-order valence-corrected chi connectivity index (χ1v) is 11.3. The summed E-state index contributed by atoms with van der Waals surface area (Å²) in [5.74, 6) is 6.56. The minimum absolute atomic E-state index is 0.0673. The molecule has 0 aromatic heterocycles. The zero-order chi connectivity index (χ0) is 21.8. The van der Waals surface area contributed by atoms with E-state index in [-0.39, 0.29) is 10.6 Å². The Bertz CT molecular complexity index is 1400. The average molecular weight is 428 g/mol. The number of benzene rings is 4. The molecule has 4 aromatic carbocycles. The molecule has 4 rings (SSSR count). The Hall–Kier alpha value is -3.59. The van der Waals surface area contributed by atoms with Crippen molar-refractivity contribution in [2.24, 2.45) is 5.14 Å². The number of aromatic hydroxyl groups is 1. The number of sulfonamides is 1. The molecule has 0 heterocycles. The van der Waals surface area contributed by atoms with Crippen LogP contribution in [0.2, 0.25) is 0 Å². The number of primary sulfonamides is 1. The maximum atomic E-state index is 11.4. The molecule has 3 N–H and O–H groups in total. The number of phenols is 1. The minimum Gasteiger partial charge on any atom is -0.507 e. The molecule has 0 saturated heterocycles. The van der Waals surface area contributed by atoms with Crippen LogP contribution in [0.5, 0.6) is 5.75 Å². The summed E-state index contributed by atoms with van der Waals surface area (Å²) in [6.45, 7) is 0. The van der Waals surface area contributed by atoms with E-state index in [0.29, 0.717) is 12.8 Å². The van der Waals surface area contributed by atoms with Gasteiger partial charge >= 0.3 is 0 Å². The van der Waals surface area contributed by atoms with Crippen molar-refractivity contribution in [3.05, 3.63) is 107 Å². The van der Waals surface area contributed by atoms with Crippen LogP contribution in [0.4, 0.5) is 0 Å². The second-order valence-electron chi connectivity index (χ2n) is 7.34. The maximum absolute atomic E-state index is 11.4. The number of phenolic OH excluding ortho intramolecular Hbond substituents is 1. The summed E-state index contributed by atoms with van der Waals surface area (Å²) in [7, 11) is -3.72. The van der Waals surface area contributed by atoms with Crippen molar-refractivity contribution >= 4 is 20.8 Å². The third-order valence-electron chi connectivity index (χ3n) is 5.09. The fourth-order valence-corrected chi connectivity index (χ4v) is 3.95. The van der Waals surface area contributed by atoms with Gasteiger partial charge in [-0.05, 0) is 46.3 Å². The van der Waals surface area contributed by atoms with Gasteiger partial charge in [-0.15, -0.1) is 0 Å². The maximum Gasteiger partial charge on any atom is 0.238 e. The molecule has 0 amide bonds. The molecule has 4 nitrogen and oxygen atoms in total. The van der Waals surface area contributed by atoms with Gasteiger partial charge in [-0.1, -0.05) is 72.5 Å². The summed E-state index contributed by atoms with van der Waals surface area (Å²) in [4.78, 5) is 0.0673. The fraction of sp³-hybridized carbons (Fsp3) is 0.0769. The lowest BCUT2D eigenvalue weighted by Gasteiger charge is -2.09. The Morgan fingerprint density at radius 3 is 2.26 bits per heavy atom. The van der Waals surface area contributed by atoms with Gasteiger partial charge in [0, 0.05) is 23.8 Å². The number of hydrogen-bond donors (Lipinski definition) is 2. The van der Waals surface area contributed by atoms with Gasteiger partial charge < -0.3 is 5.11 Å². The molecule has 4 aromatic rings. The van der Waals surface area contributed by atoms with Crippen LogP contribution in [0.25, 0.3) is 10.8 Å². The molecule has 0 aliphatic heterocycles. The Morgan fingerprint density at radius 2 is 1.55 bits per heavy atom. The Morgan fingerprint density at radius 1 is 0.839 bits per heavy atom. The molecular formula is C26H21NO3S. The largest absolute Gasteiger partial charge is 0.507 e. The van der Waals surface area contributed by atoms with E-state index >= 15 is 0 Å². The summed E-state index contributed by atoms with van der Waals surface area (Å²) in [6, 6.07) is 26.1. The molecular weight excluding hydrogens is 406 g/mol. The van der Waals surface area contributed by atoms with E-state index in [9.17, 15) is 13.5 Å². The molecule has 0 saturated carbocycles. The molecule has 31 heavy (non-hydrogen) atoms. The smallest absolute Gasteiger partial charge is 0.238 e. The van der Waals surface area contributed by atoms with E-state index in [2.05, 4.69) is 11.8 Å². The van der Waals surface area contributed by atoms with Crippen molar-refractivity contribution in [3.63, 3.8) is 0 Å². The van der Waals surface area contributed by atoms with Crippen LogP contribution >= 0.6 is 0 Å². The van der Waals surface area contributed by atoms with Gasteiger partial charge in [-0.25, -0.2) is 13.6 Å². The second-order valence-corrected chi connectivity index (χ2v) is 8.90. The Kier molecular flexibility index (Phi) is 5.77. The molecule has 5 heteroatoms. The summed E-state index contributed by atoms with van der Waals surface area (Å²) in [6.07, 6.45) is 1.13. The number of nitrogens with two attached hydrogens (primary N) is 1. The first-order valence-electron chi connectivity index (χ1n) is 9.79. The van der Waals surface area contributed by atoms with Gasteiger partial charge in [0.2, 0.25) is 10.0 Å². The van der Waals surface area contributed by atoms with Gasteiger partial charge in [-0.2, -0.15) is 0 Å². The lowest BCUT2D eigenvalue weighted by molar-refractivity contribution is 0.476. The Labute approximate surface area is 182 Å². The van der Waals surface area contributed by atoms with Crippen molar-refractivity contribution < 1.29 is 13.5 Å². The zero-order valence-corrected chi connectivity index (χ0v) is 17.6. The molecule has 0 spiro atoms. The lowest BCUT2D eigenvalue weighted by atomic mass is 9.98. The minimum atomic E-state index is -3.72. The predicted molar refractivity (Wildman–Crippen MR) is 123 cm³/mol. The molecule has 0 aliphatic rings. The van der Waals surface area contributed by atoms with Crippen LogP contribution in [0.1, 0.15) is 22.3 Å². The second kappa shape index (κ2) is 8.65. The zero-order valence-electron chi connectivity index (χ0n) is 16.7. The third-order valence-corrected chi connectivity index (χ3v) is 6.02. The van der Waals surface area contributed by atoms with E-state index < -0.39 is 10.0 Å². The highest BCUT2D eigenvalue weighted by Crippen LogP contribution is 2.31. The molecule has 0 unspecified atom stereocenters. The van der Waals surface area contributed by atoms with Crippen LogP contribution in [-0.4, -0.2) is 13.5 Å². The van der Waals surface area contributed by atoms with Crippen LogP contribution in [0.3, 0.4) is 0 Å². The standard InChI is InChI=1S/C26H21NO3S/c27-31(29,30)24-15-10-21(11-16-24)17-23-14-13-22-12-9-20(18-25(22)26(23)28)8-4-7-19-5-2-1-3-6-19/h1-3,5-6,9-16,18,28H,7,17H2,(H2,27,29,30). The van der Waals surface area contributed by atoms with Crippen LogP contribution < -0.4 is 5.14 Å². The molecule has 0 bridgehead atoms. The van der Waals surface area contributed by atoms with Crippen LogP contribution in [0.15, 0.2) is 89.8 Å². The SMILES string of the molecule is NS(=O)(=O)c1ccc(Cc2ccc3ccc(C#CCc4ccccc4)cc3c2O)cc1. The molecule has 0 radical (unpaired) electrons. The molecule has 0 aliphatic carbocycles. The quantitative estimate of drug-likeness (QED) is 0.475. The van der Waals surface area contributed by atoms with Gasteiger partial charge in [0.25, 0.3) is 0 Å². The monoisotopic (exact) mass is 427 g/mol. The first kappa shape index (κ1) is 20.7. The van der Waals surface area contributed by atoms with E-state index in [1.165, 1.54) is 12.1 Å². The van der Waals surface area contributed by atoms with Gasteiger partial charge in [-0.3, -0.25) is 0 Å². The normalized spacial score (nSPS) is 11.1. The highest BCUT2D eigenvalue weighted by molar-refractivity contribution is 7.89. The summed E-state index contributed by atoms with van der Waals surface area (Å²) >= 11 is 0. The average Bonchev–Trinajstić information content (AvgIpc) is 2.76. The highest BCUT2D eigenvalue weighted by Gasteiger charge is 2.10. The number of hydrogen-bond acceptors (Lipinski definition) is 3. The van der Waals surface area contributed by atoms with Gasteiger partial charge in [0.1, 0.15) is 5.75 Å². The van der Waals surface area contributed by atoms with Crippen molar-refractivity contribution in [1.29, 1.82) is 0 Å². The first-order chi connectivity index (χ1) is 14.9. The van der Waals surface area contributed by atoms with E-state index in [1.54, 1.807) is 12.1 Å². The molecule has 0 fully saturated rings. The summed E-state index contributed by atoms with van der Waals surface area (Å²) in [5, 5.41) is 17.7. The van der Waals surface area contributed by atoms with Crippen molar-refractivity contribution in [1.82, 2.24) is 0 Å².